The van der Waals surface area contributed by atoms with E-state index in [-0.39, 0.29) is 0 Å². The molecule has 1 aromatic heterocycles. The number of aliphatic hydroxyl groups is 4. The summed E-state index contributed by atoms with van der Waals surface area (Å²) in [6.07, 6.45) is -11.6. The zero-order chi connectivity index (χ0) is 28.6. The van der Waals surface area contributed by atoms with E-state index in [0.717, 1.165) is 19.2 Å². The van der Waals surface area contributed by atoms with E-state index in [4.69, 9.17) is 9.47 Å². The molecule has 0 spiro atoms. The van der Waals surface area contributed by atoms with E-state index < -0.39 is 94.2 Å². The van der Waals surface area contributed by atoms with Crippen molar-refractivity contribution in [1.29, 1.82) is 0 Å². The molecule has 0 aliphatic carbocycles. The highest BCUT2D eigenvalue weighted by Crippen LogP contribution is 2.57. The maximum atomic E-state index is 12.2. The van der Waals surface area contributed by atoms with E-state index >= 15 is 0 Å². The molecule has 2 unspecified atom stereocenters. The van der Waals surface area contributed by atoms with Crippen LogP contribution in [0.1, 0.15) is 13.2 Å². The lowest BCUT2D eigenvalue weighted by Gasteiger charge is -2.41. The number of ether oxygens (including phenoxy) is 2. The average molecular weight is 587 g/mol. The van der Waals surface area contributed by atoms with Crippen LogP contribution in [0.25, 0.3) is 0 Å². The van der Waals surface area contributed by atoms with Crippen LogP contribution < -0.4 is 26.4 Å². The van der Waals surface area contributed by atoms with Gasteiger partial charge in [-0.2, -0.15) is 0 Å². The third-order valence-corrected chi connectivity index (χ3v) is 7.78. The number of aliphatic hydroxyl groups excluding tert-OH is 4. The van der Waals surface area contributed by atoms with E-state index in [1.807, 2.05) is 4.98 Å². The van der Waals surface area contributed by atoms with Crippen molar-refractivity contribution in [2.45, 2.75) is 56.0 Å². The molecule has 2 aliphatic rings. The number of carbonyl (C=O) groups is 1. The van der Waals surface area contributed by atoms with Gasteiger partial charge in [-0.1, -0.05) is 6.58 Å². The fourth-order valence-corrected chi connectivity index (χ4v) is 5.58. The minimum Gasteiger partial charge on any atom is -0.756 e. The largest absolute Gasteiger partial charge is 0.756 e. The molecule has 10 atom stereocenters. The summed E-state index contributed by atoms with van der Waals surface area (Å²) in [6, 6.07) is -0.789. The van der Waals surface area contributed by atoms with Gasteiger partial charge in [0.2, 0.25) is 12.2 Å². The van der Waals surface area contributed by atoms with Crippen molar-refractivity contribution in [3.63, 3.8) is 0 Å². The van der Waals surface area contributed by atoms with E-state index in [9.17, 15) is 53.7 Å². The summed E-state index contributed by atoms with van der Waals surface area (Å²) in [7, 11) is -11.7. The van der Waals surface area contributed by atoms with Crippen molar-refractivity contribution < 1.29 is 67.0 Å². The monoisotopic (exact) mass is 587 g/mol. The fourth-order valence-electron chi connectivity index (χ4n) is 3.50. The highest BCUT2D eigenvalue weighted by molar-refractivity contribution is 7.59. The van der Waals surface area contributed by atoms with Gasteiger partial charge in [0, 0.05) is 19.2 Å². The summed E-state index contributed by atoms with van der Waals surface area (Å²) in [5.41, 5.74) is -1.77. The number of phosphoric ester groups is 2. The van der Waals surface area contributed by atoms with Gasteiger partial charge < -0.3 is 49.5 Å². The summed E-state index contributed by atoms with van der Waals surface area (Å²) in [5.74, 6) is -1.36. The Morgan fingerprint density at radius 2 is 1.84 bits per heavy atom. The Hall–Kier alpha value is -2.25. The molecule has 6 N–H and O–H groups in total. The average Bonchev–Trinajstić information content (AvgIpc) is 3.06. The predicted octanol–water partition coefficient (Wildman–Crippen LogP) is -4.76. The molecule has 2 saturated heterocycles. The number of amides is 1. The first-order valence-corrected chi connectivity index (χ1v) is 13.4. The number of carbonyl (C=O) groups excluding carboxylic acids is 1. The summed E-state index contributed by atoms with van der Waals surface area (Å²) in [4.78, 5) is 60.7. The molecule has 3 heterocycles. The number of aromatic nitrogens is 2. The number of hydrogen-bond acceptors (Lipinski definition) is 16. The Labute approximate surface area is 212 Å². The van der Waals surface area contributed by atoms with E-state index in [1.54, 1.807) is 0 Å². The lowest BCUT2D eigenvalue weighted by molar-refractivity contribution is -0.262. The second-order valence-corrected chi connectivity index (χ2v) is 11.0. The van der Waals surface area contributed by atoms with Gasteiger partial charge in [0.25, 0.3) is 21.2 Å². The number of rotatable bonds is 9. The number of hydrogen-bond donors (Lipinski definition) is 6. The number of aromatic amines is 1. The number of phosphoric acid groups is 2. The van der Waals surface area contributed by atoms with Gasteiger partial charge in [0.15, 0.2) is 6.23 Å². The van der Waals surface area contributed by atoms with E-state index in [2.05, 4.69) is 25.3 Å². The predicted molar refractivity (Wildman–Crippen MR) is 114 cm³/mol. The SMILES string of the molecule is C=C1O[C@H](OP(=O)([O-])OP(=O)([O-])OC[C@H]2O[C@@H](n3ccc(=O)[nH]c3=O)[C@H](O)[C@@H]2O)[C@H](NC(C)=O)[C@@H](O)[C@@H]1O. The van der Waals surface area contributed by atoms with Crippen LogP contribution in [0.4, 0.5) is 0 Å². The Balaban J connectivity index is 1.65. The lowest BCUT2D eigenvalue weighted by atomic mass is 10.0. The first kappa shape index (κ1) is 30.3. The molecule has 0 bridgehead atoms. The first-order chi connectivity index (χ1) is 17.5. The normalized spacial score (nSPS) is 34.7. The molecule has 19 nitrogen and oxygen atoms in total. The fraction of sp³-hybridized carbons (Fsp3) is 0.588. The van der Waals surface area contributed by atoms with Crippen molar-refractivity contribution in [1.82, 2.24) is 14.9 Å². The smallest absolute Gasteiger partial charge is 0.330 e. The summed E-state index contributed by atoms with van der Waals surface area (Å²) < 4.78 is 48.1. The van der Waals surface area contributed by atoms with Crippen LogP contribution >= 0.6 is 15.6 Å². The van der Waals surface area contributed by atoms with E-state index in [1.165, 1.54) is 0 Å². The lowest BCUT2D eigenvalue weighted by Crippen LogP contribution is -2.59. The molecule has 214 valence electrons. The van der Waals surface area contributed by atoms with Gasteiger partial charge in [-0.25, -0.2) is 9.11 Å². The second kappa shape index (κ2) is 11.5. The zero-order valence-electron chi connectivity index (χ0n) is 19.2. The summed E-state index contributed by atoms with van der Waals surface area (Å²) >= 11 is 0. The molecule has 2 fully saturated rings. The Morgan fingerprint density at radius 1 is 1.18 bits per heavy atom. The number of H-pyrrole nitrogens is 1. The molecule has 38 heavy (non-hydrogen) atoms. The molecule has 1 aromatic rings. The van der Waals surface area contributed by atoms with Gasteiger partial charge in [-0.05, 0) is 0 Å². The molecule has 0 radical (unpaired) electrons. The standard InChI is InChI=1S/C17H25N3O16P2/c1-6-11(23)13(25)10(18-7(2)21)16(33-6)35-38(30,31)36-37(28,29)32-5-8-12(24)14(26)15(34-8)20-4-3-9(22)19-17(20)27/h3-4,8,10-16,23-26H,1,5H2,2H3,(H,18,21)(H,28,29)(H,30,31)(H,19,22,27)/p-2/t8-,10-,11-,12-,13-,14-,15-,16-/m1/s1. The minimum absolute atomic E-state index is 0.562. The van der Waals surface area contributed by atoms with Gasteiger partial charge in [-0.15, -0.1) is 0 Å². The molecule has 0 aromatic carbocycles. The molecular weight excluding hydrogens is 564 g/mol. The van der Waals surface area contributed by atoms with Crippen LogP contribution in [0.15, 0.2) is 34.2 Å². The number of nitrogens with zero attached hydrogens (tertiary/aromatic N) is 1. The van der Waals surface area contributed by atoms with Crippen molar-refractivity contribution >= 4 is 21.6 Å². The second-order valence-electron chi connectivity index (χ2n) is 8.06. The Morgan fingerprint density at radius 3 is 2.45 bits per heavy atom. The van der Waals surface area contributed by atoms with Crippen LogP contribution in [0.2, 0.25) is 0 Å². The third-order valence-electron chi connectivity index (χ3n) is 5.24. The summed E-state index contributed by atoms with van der Waals surface area (Å²) in [5, 5.41) is 42.3. The van der Waals surface area contributed by atoms with Crippen LogP contribution in [-0.2, 0) is 36.8 Å². The Bertz CT molecular complexity index is 1270. The van der Waals surface area contributed by atoms with Crippen molar-refractivity contribution in [3.05, 3.63) is 45.4 Å². The molecule has 1 amide bonds. The molecular formula is C17H23N3O16P2-2. The Kier molecular flexibility index (Phi) is 9.14. The van der Waals surface area contributed by atoms with Crippen molar-refractivity contribution in [2.24, 2.45) is 0 Å². The van der Waals surface area contributed by atoms with Gasteiger partial charge in [-0.3, -0.25) is 32.8 Å². The molecule has 21 heteroatoms. The van der Waals surface area contributed by atoms with Crippen LogP contribution in [0, 0.1) is 0 Å². The third kappa shape index (κ3) is 7.03. The van der Waals surface area contributed by atoms with Gasteiger partial charge >= 0.3 is 5.69 Å². The summed E-state index contributed by atoms with van der Waals surface area (Å²) in [6.45, 7) is 3.12. The minimum atomic E-state index is -5.89. The van der Waals surface area contributed by atoms with Gasteiger partial charge in [0.1, 0.15) is 42.3 Å². The van der Waals surface area contributed by atoms with Crippen LogP contribution in [-0.4, -0.2) is 85.3 Å². The molecule has 3 rings (SSSR count). The van der Waals surface area contributed by atoms with Crippen LogP contribution in [0.3, 0.4) is 0 Å². The van der Waals surface area contributed by atoms with Gasteiger partial charge in [0.05, 0.1) is 6.61 Å². The maximum absolute atomic E-state index is 12.2. The zero-order valence-corrected chi connectivity index (χ0v) is 21.0. The number of nitrogens with one attached hydrogen (secondary N) is 2. The van der Waals surface area contributed by atoms with Crippen molar-refractivity contribution in [2.75, 3.05) is 6.61 Å². The highest BCUT2D eigenvalue weighted by atomic mass is 31.3. The highest BCUT2D eigenvalue weighted by Gasteiger charge is 2.46. The van der Waals surface area contributed by atoms with Crippen LogP contribution in [0.5, 0.6) is 0 Å². The quantitative estimate of drug-likeness (QED) is 0.148. The maximum Gasteiger partial charge on any atom is 0.330 e. The van der Waals surface area contributed by atoms with Crippen molar-refractivity contribution in [3.8, 4) is 0 Å². The topological polar surface area (TPSA) is 291 Å². The van der Waals surface area contributed by atoms with E-state index in [0.29, 0.717) is 4.57 Å². The molecule has 2 aliphatic heterocycles. The first-order valence-electron chi connectivity index (χ1n) is 10.5. The molecule has 0 saturated carbocycles.